The SMILES string of the molecule is CC[Si](CC)(CC)O[C@H]1C[C@H]2OC[C@]23B(C(C)=O)[C@@]32[C@H](OC(=O)c3ccccc3)[C@]3(O)C[C@H](O)C(C)=C([C@@H](OS(=O)(=O)c4ccc(C)cc4)C(=O)[C@]12C)C3(C)C. The van der Waals surface area contributed by atoms with Crippen LogP contribution < -0.4 is 0 Å². The first-order chi connectivity index (χ1) is 26.2. The molecule has 11 nitrogen and oxygen atoms in total. The van der Waals surface area contributed by atoms with E-state index in [1.165, 1.54) is 19.1 Å². The third-order valence-electron chi connectivity index (χ3n) is 15.2. The first-order valence-corrected chi connectivity index (χ1v) is 23.9. The van der Waals surface area contributed by atoms with Crippen molar-refractivity contribution in [2.45, 2.75) is 145 Å². The molecule has 7 rings (SSSR count). The van der Waals surface area contributed by atoms with Crippen LogP contribution in [0.4, 0.5) is 0 Å². The average molecular weight is 807 g/mol. The number of aliphatic hydroxyl groups excluding tert-OH is 1. The molecule has 2 heterocycles. The summed E-state index contributed by atoms with van der Waals surface area (Å²) in [7, 11) is -7.25. The molecule has 5 aliphatic rings. The minimum atomic E-state index is -4.66. The second-order valence-corrected chi connectivity index (χ2v) is 24.0. The van der Waals surface area contributed by atoms with Crippen molar-refractivity contribution in [3.63, 3.8) is 0 Å². The zero-order valence-corrected chi connectivity index (χ0v) is 35.7. The maximum absolute atomic E-state index is 16.4. The molecule has 3 aliphatic carbocycles. The lowest BCUT2D eigenvalue weighted by molar-refractivity contribution is -0.238. The van der Waals surface area contributed by atoms with Gasteiger partial charge in [0.05, 0.1) is 39.9 Å². The molecule has 2 aromatic carbocycles. The summed E-state index contributed by atoms with van der Waals surface area (Å²) in [6.07, 6.45) is -6.44. The molecular weight excluding hydrogens is 751 g/mol. The molecule has 0 radical (unpaired) electrons. The number of esters is 1. The number of ether oxygens (including phenoxy) is 2. The van der Waals surface area contributed by atoms with Crippen molar-refractivity contribution >= 4 is 42.6 Å². The van der Waals surface area contributed by atoms with Crippen molar-refractivity contribution in [2.24, 2.45) is 10.8 Å². The molecule has 2 aliphatic heterocycles. The van der Waals surface area contributed by atoms with Crippen LogP contribution in [0, 0.1) is 17.8 Å². The lowest BCUT2D eigenvalue weighted by Crippen LogP contribution is -2.73. The fourth-order valence-electron chi connectivity index (χ4n) is 11.8. The number of hydrogen-bond donors (Lipinski definition) is 2. The van der Waals surface area contributed by atoms with Gasteiger partial charge in [-0.05, 0) is 80.7 Å². The van der Waals surface area contributed by atoms with E-state index >= 15 is 4.79 Å². The molecule has 0 unspecified atom stereocenters. The van der Waals surface area contributed by atoms with Crippen LogP contribution in [0.3, 0.4) is 0 Å². The number of rotatable bonds is 11. The Labute approximate surface area is 331 Å². The number of hydrogen-bond acceptors (Lipinski definition) is 11. The summed E-state index contributed by atoms with van der Waals surface area (Å²) in [4.78, 5) is 44.9. The lowest BCUT2D eigenvalue weighted by atomic mass is 9.40. The molecule has 0 aromatic heterocycles. The predicted molar refractivity (Wildman–Crippen MR) is 212 cm³/mol. The Morgan fingerprint density at radius 2 is 1.59 bits per heavy atom. The number of fused-ring (bicyclic) bond motifs is 2. The molecule has 2 saturated carbocycles. The highest BCUT2D eigenvalue weighted by atomic mass is 32.2. The zero-order valence-electron chi connectivity index (χ0n) is 33.9. The molecule has 2 bridgehead atoms. The predicted octanol–water partition coefficient (Wildman–Crippen LogP) is 6.03. The summed E-state index contributed by atoms with van der Waals surface area (Å²) < 4.78 is 55.3. The van der Waals surface area contributed by atoms with Gasteiger partial charge in [0.15, 0.2) is 20.2 Å². The third kappa shape index (κ3) is 5.24. The molecule has 2 spiro atoms. The fourth-order valence-corrected chi connectivity index (χ4v) is 15.8. The molecule has 14 heteroatoms. The summed E-state index contributed by atoms with van der Waals surface area (Å²) in [6.45, 7) is 15.2. The van der Waals surface area contributed by atoms with Crippen molar-refractivity contribution in [2.75, 3.05) is 6.61 Å². The maximum Gasteiger partial charge on any atom is 0.338 e. The van der Waals surface area contributed by atoms with Gasteiger partial charge in [0.1, 0.15) is 11.7 Å². The zero-order chi connectivity index (χ0) is 41.0. The largest absolute Gasteiger partial charge is 0.456 e. The first-order valence-electron chi connectivity index (χ1n) is 19.9. The average Bonchev–Trinajstić information content (AvgIpc) is 3.84. The summed E-state index contributed by atoms with van der Waals surface area (Å²) in [5.74, 6) is -1.44. The van der Waals surface area contributed by atoms with Gasteiger partial charge in [-0.1, -0.05) is 77.4 Å². The molecule has 9 atom stereocenters. The van der Waals surface area contributed by atoms with Gasteiger partial charge in [0, 0.05) is 29.1 Å². The second-order valence-electron chi connectivity index (χ2n) is 17.7. The van der Waals surface area contributed by atoms with Gasteiger partial charge in [0.2, 0.25) is 6.71 Å². The molecule has 56 heavy (non-hydrogen) atoms. The smallest absolute Gasteiger partial charge is 0.338 e. The number of ketones is 1. The van der Waals surface area contributed by atoms with Crippen molar-refractivity contribution in [1.82, 2.24) is 0 Å². The Morgan fingerprint density at radius 3 is 2.12 bits per heavy atom. The molecular formula is C42H55BO11SSi. The van der Waals surface area contributed by atoms with Crippen molar-refractivity contribution < 1.29 is 51.1 Å². The fraction of sp³-hybridized carbons (Fsp3) is 0.595. The Balaban J connectivity index is 1.57. The minimum absolute atomic E-state index is 0.0444. The van der Waals surface area contributed by atoms with Crippen LogP contribution in [0.25, 0.3) is 0 Å². The first kappa shape index (κ1) is 41.2. The number of Topliss-reactive ketones (excluding diaryl/α,β-unsaturated/α-hetero) is 1. The van der Waals surface area contributed by atoms with E-state index in [0.29, 0.717) is 0 Å². The van der Waals surface area contributed by atoms with E-state index in [4.69, 9.17) is 18.1 Å². The van der Waals surface area contributed by atoms with Crippen LogP contribution in [0.5, 0.6) is 0 Å². The summed E-state index contributed by atoms with van der Waals surface area (Å²) in [6, 6.07) is 16.6. The normalized spacial score (nSPS) is 35.9. The number of carbonyl (C=O) groups excluding carboxylic acids is 3. The van der Waals surface area contributed by atoms with Crippen molar-refractivity contribution in [3.05, 3.63) is 76.9 Å². The Kier molecular flexibility index (Phi) is 9.96. The molecule has 2 saturated heterocycles. The van der Waals surface area contributed by atoms with Crippen LogP contribution in [0.15, 0.2) is 70.6 Å². The lowest BCUT2D eigenvalue weighted by Gasteiger charge is -2.65. The quantitative estimate of drug-likeness (QED) is 0.118. The standard InChI is InChI=1S/C42H55BO11SSi/c1-10-56(11-2,12-3)54-31-22-32-40(24-51-32)42(43(40)27(6)44)37(52-36(47)28-16-14-13-15-17-28)41(48)23-30(45)26(5)33(38(41,7)8)34(35(46)39(31,42)9)53-55(49,50)29-20-18-25(4)19-21-29/h13-21,30-32,34,37,45,48H,10-12,22-24H2,1-9H3/t30-,31-,32+,34+,37+,39-,40-,41+,42+/m0/s1. The van der Waals surface area contributed by atoms with E-state index < -0.39 is 94.5 Å². The van der Waals surface area contributed by atoms with E-state index in [-0.39, 0.29) is 46.7 Å². The van der Waals surface area contributed by atoms with Gasteiger partial charge < -0.3 is 28.9 Å². The molecule has 2 aromatic rings. The summed E-state index contributed by atoms with van der Waals surface area (Å²) in [5, 5.41) is 22.8. The minimum Gasteiger partial charge on any atom is -0.456 e. The van der Waals surface area contributed by atoms with Crippen molar-refractivity contribution in [1.29, 1.82) is 0 Å². The monoisotopic (exact) mass is 806 g/mol. The van der Waals surface area contributed by atoms with Crippen LogP contribution in [-0.2, 0) is 37.8 Å². The van der Waals surface area contributed by atoms with E-state index in [1.807, 2.05) is 6.92 Å². The molecule has 302 valence electrons. The van der Waals surface area contributed by atoms with Crippen LogP contribution in [0.2, 0.25) is 28.8 Å². The molecule has 0 amide bonds. The van der Waals surface area contributed by atoms with Gasteiger partial charge >= 0.3 is 5.97 Å². The van der Waals surface area contributed by atoms with Crippen molar-refractivity contribution in [3.8, 4) is 0 Å². The Morgan fingerprint density at radius 1 is 0.982 bits per heavy atom. The molecule has 2 N–H and O–H groups in total. The summed E-state index contributed by atoms with van der Waals surface area (Å²) in [5.41, 5.74) is -4.42. The van der Waals surface area contributed by atoms with E-state index in [2.05, 4.69) is 20.8 Å². The maximum atomic E-state index is 16.4. The Bertz CT molecular complexity index is 2080. The van der Waals surface area contributed by atoms with E-state index in [1.54, 1.807) is 70.2 Å². The van der Waals surface area contributed by atoms with Crippen LogP contribution in [-0.4, -0.2) is 93.8 Å². The third-order valence-corrected chi connectivity index (χ3v) is 21.2. The van der Waals surface area contributed by atoms with E-state index in [9.17, 15) is 28.2 Å². The van der Waals surface area contributed by atoms with Gasteiger partial charge in [-0.3, -0.25) is 8.98 Å². The second kappa shape index (κ2) is 13.5. The Hall–Kier alpha value is -2.98. The van der Waals surface area contributed by atoms with Gasteiger partial charge in [-0.15, -0.1) is 0 Å². The van der Waals surface area contributed by atoms with E-state index in [0.717, 1.165) is 23.7 Å². The van der Waals surface area contributed by atoms with Gasteiger partial charge in [-0.25, -0.2) is 4.79 Å². The summed E-state index contributed by atoms with van der Waals surface area (Å²) >= 11 is 0. The van der Waals surface area contributed by atoms with Gasteiger partial charge in [-0.2, -0.15) is 8.42 Å². The highest BCUT2D eigenvalue weighted by molar-refractivity contribution is 7.86. The topological polar surface area (TPSA) is 163 Å². The number of aliphatic hydroxyl groups is 2. The molecule has 4 fully saturated rings. The number of benzene rings is 2. The van der Waals surface area contributed by atoms with Crippen LogP contribution >= 0.6 is 0 Å². The number of aryl methyl sites for hydroxylation is 1. The highest BCUT2D eigenvalue weighted by Crippen LogP contribution is 2.93. The highest BCUT2D eigenvalue weighted by Gasteiger charge is 2.99. The van der Waals surface area contributed by atoms with Gasteiger partial charge in [0.25, 0.3) is 10.1 Å². The van der Waals surface area contributed by atoms with Crippen LogP contribution in [0.1, 0.15) is 84.2 Å². The number of carbonyl (C=O) groups is 3.